The maximum atomic E-state index is 13.4. The van der Waals surface area contributed by atoms with E-state index in [0.717, 1.165) is 0 Å². The molecule has 0 aliphatic heterocycles. The number of hydrogen-bond donors (Lipinski definition) is 3. The van der Waals surface area contributed by atoms with Crippen LogP contribution in [0.2, 0.25) is 0 Å². The van der Waals surface area contributed by atoms with Crippen LogP contribution in [0.4, 0.5) is 5.69 Å². The second kappa shape index (κ2) is 7.29. The molecule has 0 aliphatic rings. The van der Waals surface area contributed by atoms with Crippen LogP contribution < -0.4 is 16.6 Å². The Hall–Kier alpha value is -4.11. The summed E-state index contributed by atoms with van der Waals surface area (Å²) in [5, 5.41) is 3.44. The Labute approximate surface area is 178 Å². The molecule has 0 saturated heterocycles. The van der Waals surface area contributed by atoms with Crippen LogP contribution in [-0.4, -0.2) is 25.8 Å². The van der Waals surface area contributed by atoms with Gasteiger partial charge >= 0.3 is 5.69 Å². The van der Waals surface area contributed by atoms with E-state index in [0.29, 0.717) is 48.5 Å². The number of rotatable bonds is 3. The van der Waals surface area contributed by atoms with Gasteiger partial charge in [-0.25, -0.2) is 9.78 Å². The number of amides is 1. The van der Waals surface area contributed by atoms with Gasteiger partial charge in [0.1, 0.15) is 9.53 Å². The van der Waals surface area contributed by atoms with E-state index in [1.165, 1.54) is 11.3 Å². The summed E-state index contributed by atoms with van der Waals surface area (Å²) < 4.78 is 0.340. The Bertz CT molecular complexity index is 1570. The van der Waals surface area contributed by atoms with E-state index in [2.05, 4.69) is 25.3 Å². The minimum Gasteiger partial charge on any atom is -0.322 e. The Morgan fingerprint density at radius 1 is 1.06 bits per heavy atom. The van der Waals surface area contributed by atoms with Crippen LogP contribution in [0.1, 0.15) is 16.1 Å². The Balaban J connectivity index is 1.88. The number of para-hydroxylation sites is 1. The van der Waals surface area contributed by atoms with E-state index in [1.807, 2.05) is 24.3 Å². The zero-order valence-electron chi connectivity index (χ0n) is 16.2. The molecule has 0 aliphatic carbocycles. The predicted octanol–water partition coefficient (Wildman–Crippen LogP) is 3.45. The predicted molar refractivity (Wildman–Crippen MR) is 121 cm³/mol. The zero-order valence-corrected chi connectivity index (χ0v) is 17.0. The van der Waals surface area contributed by atoms with Crippen LogP contribution in [0.15, 0.2) is 64.4 Å². The van der Waals surface area contributed by atoms with Gasteiger partial charge in [-0.15, -0.1) is 11.3 Å². The lowest BCUT2D eigenvalue weighted by Gasteiger charge is -2.14. The van der Waals surface area contributed by atoms with Gasteiger partial charge in [-0.1, -0.05) is 24.3 Å². The van der Waals surface area contributed by atoms with Crippen molar-refractivity contribution in [3.05, 3.63) is 87.0 Å². The molecule has 0 spiro atoms. The van der Waals surface area contributed by atoms with Crippen molar-refractivity contribution in [1.82, 2.24) is 19.9 Å². The Morgan fingerprint density at radius 3 is 2.61 bits per heavy atom. The summed E-state index contributed by atoms with van der Waals surface area (Å²) in [4.78, 5) is 52.0. The molecule has 0 unspecified atom stereocenters. The summed E-state index contributed by atoms with van der Waals surface area (Å²) >= 11 is 1.17. The number of nitrogens with zero attached hydrogens (tertiary/aromatic N) is 2. The summed E-state index contributed by atoms with van der Waals surface area (Å²) in [7, 11) is 0. The minimum absolute atomic E-state index is 0.340. The number of anilines is 1. The minimum atomic E-state index is -0.620. The van der Waals surface area contributed by atoms with Crippen LogP contribution >= 0.6 is 11.3 Å². The third kappa shape index (κ3) is 3.21. The topological polar surface area (TPSA) is 121 Å². The van der Waals surface area contributed by atoms with Crippen molar-refractivity contribution in [2.75, 3.05) is 5.32 Å². The summed E-state index contributed by atoms with van der Waals surface area (Å²) in [6, 6.07) is 12.7. The van der Waals surface area contributed by atoms with Crippen molar-refractivity contribution in [2.45, 2.75) is 6.92 Å². The van der Waals surface area contributed by atoms with Gasteiger partial charge in [-0.05, 0) is 25.1 Å². The number of hydrogen-bond acceptors (Lipinski definition) is 6. The molecule has 1 amide bonds. The van der Waals surface area contributed by atoms with E-state index in [9.17, 15) is 14.4 Å². The van der Waals surface area contributed by atoms with Crippen LogP contribution in [0.25, 0.3) is 31.6 Å². The normalized spacial score (nSPS) is 11.1. The summed E-state index contributed by atoms with van der Waals surface area (Å²) in [6.45, 7) is 1.75. The van der Waals surface area contributed by atoms with Gasteiger partial charge in [0.25, 0.3) is 11.5 Å². The molecule has 4 heterocycles. The second-order valence-corrected chi connectivity index (χ2v) is 7.90. The van der Waals surface area contributed by atoms with E-state index < -0.39 is 11.2 Å². The SMILES string of the molecule is Cc1nc2sc3c(=O)[nH]c(=O)[nH]c3c2c(-c2cccnc2)c1C(=O)Nc1ccccc1. The summed E-state index contributed by atoms with van der Waals surface area (Å²) in [5.74, 6) is -0.344. The number of carbonyl (C=O) groups excluding carboxylic acids is 1. The number of aryl methyl sites for hydroxylation is 1. The standard InChI is InChI=1S/C22H15N5O3S/c1-11-14(19(28)25-13-7-3-2-4-8-13)15(12-6-5-9-23-10-12)16-17-18(31-21(16)24-11)20(29)27-22(30)26-17/h2-10H,1H3,(H,25,28)(H2,26,27,29,30). The van der Waals surface area contributed by atoms with Gasteiger partial charge in [0, 0.05) is 34.6 Å². The lowest BCUT2D eigenvalue weighted by molar-refractivity contribution is 0.102. The van der Waals surface area contributed by atoms with Gasteiger partial charge < -0.3 is 10.3 Å². The lowest BCUT2D eigenvalue weighted by atomic mass is 9.96. The number of pyridine rings is 2. The van der Waals surface area contributed by atoms with Gasteiger partial charge in [-0.3, -0.25) is 19.6 Å². The van der Waals surface area contributed by atoms with E-state index >= 15 is 0 Å². The molecule has 0 fully saturated rings. The molecule has 0 radical (unpaired) electrons. The fourth-order valence-electron chi connectivity index (χ4n) is 3.62. The van der Waals surface area contributed by atoms with E-state index in [1.54, 1.807) is 37.5 Å². The molecule has 0 saturated carbocycles. The average Bonchev–Trinajstić information content (AvgIpc) is 3.12. The van der Waals surface area contributed by atoms with Crippen molar-refractivity contribution in [1.29, 1.82) is 0 Å². The van der Waals surface area contributed by atoms with Gasteiger partial charge in [0.15, 0.2) is 0 Å². The van der Waals surface area contributed by atoms with E-state index in [-0.39, 0.29) is 5.91 Å². The highest BCUT2D eigenvalue weighted by atomic mass is 32.1. The molecular formula is C22H15N5O3S. The molecule has 3 N–H and O–H groups in total. The smallest absolute Gasteiger partial charge is 0.322 e. The molecule has 1 aromatic carbocycles. The maximum Gasteiger partial charge on any atom is 0.326 e. The second-order valence-electron chi connectivity index (χ2n) is 6.90. The monoisotopic (exact) mass is 429 g/mol. The van der Waals surface area contributed by atoms with Crippen LogP contribution in [0.3, 0.4) is 0 Å². The molecule has 31 heavy (non-hydrogen) atoms. The third-order valence-corrected chi connectivity index (χ3v) is 5.98. The van der Waals surface area contributed by atoms with Crippen molar-refractivity contribution < 1.29 is 4.79 Å². The van der Waals surface area contributed by atoms with Gasteiger partial charge in [0.05, 0.1) is 16.8 Å². The number of benzene rings is 1. The molecule has 0 atom stereocenters. The molecule has 5 rings (SSSR count). The largest absolute Gasteiger partial charge is 0.326 e. The highest BCUT2D eigenvalue weighted by Crippen LogP contribution is 2.39. The first-order valence-corrected chi connectivity index (χ1v) is 10.2. The molecule has 4 aromatic heterocycles. The number of carbonyl (C=O) groups is 1. The molecule has 0 bridgehead atoms. The number of nitrogens with one attached hydrogen (secondary N) is 3. The number of fused-ring (bicyclic) bond motifs is 3. The van der Waals surface area contributed by atoms with Crippen LogP contribution in [-0.2, 0) is 0 Å². The van der Waals surface area contributed by atoms with Crippen molar-refractivity contribution in [3.8, 4) is 11.1 Å². The fraction of sp³-hybridized carbons (Fsp3) is 0.0455. The highest BCUT2D eigenvalue weighted by molar-refractivity contribution is 7.25. The summed E-state index contributed by atoms with van der Waals surface area (Å²) in [6.07, 6.45) is 3.28. The molecular weight excluding hydrogens is 414 g/mol. The first-order chi connectivity index (χ1) is 15.0. The van der Waals surface area contributed by atoms with Crippen molar-refractivity contribution in [3.63, 3.8) is 0 Å². The quantitative estimate of drug-likeness (QED) is 0.406. The van der Waals surface area contributed by atoms with Crippen LogP contribution in [0, 0.1) is 6.92 Å². The third-order valence-electron chi connectivity index (χ3n) is 4.90. The zero-order chi connectivity index (χ0) is 21.5. The molecule has 8 nitrogen and oxygen atoms in total. The molecule has 9 heteroatoms. The van der Waals surface area contributed by atoms with E-state index in [4.69, 9.17) is 0 Å². The van der Waals surface area contributed by atoms with Gasteiger partial charge in [-0.2, -0.15) is 0 Å². The number of aromatic amines is 2. The fourth-order valence-corrected chi connectivity index (χ4v) is 4.70. The molecule has 5 aromatic rings. The first-order valence-electron chi connectivity index (χ1n) is 9.39. The lowest BCUT2D eigenvalue weighted by Crippen LogP contribution is -2.20. The Morgan fingerprint density at radius 2 is 1.87 bits per heavy atom. The summed E-state index contributed by atoms with van der Waals surface area (Å²) in [5.41, 5.74) is 1.99. The highest BCUT2D eigenvalue weighted by Gasteiger charge is 2.24. The average molecular weight is 429 g/mol. The van der Waals surface area contributed by atoms with Crippen molar-refractivity contribution >= 4 is 43.4 Å². The number of H-pyrrole nitrogens is 2. The first kappa shape index (κ1) is 18.9. The Kier molecular flexibility index (Phi) is 4.45. The van der Waals surface area contributed by atoms with Crippen LogP contribution in [0.5, 0.6) is 0 Å². The van der Waals surface area contributed by atoms with Gasteiger partial charge in [0.2, 0.25) is 0 Å². The molecule has 152 valence electrons. The number of aromatic nitrogens is 4. The number of thiophene rings is 1. The van der Waals surface area contributed by atoms with Crippen molar-refractivity contribution in [2.24, 2.45) is 0 Å². The maximum absolute atomic E-state index is 13.4.